The van der Waals surface area contributed by atoms with Crippen molar-refractivity contribution in [1.29, 1.82) is 0 Å². The molecule has 1 N–H and O–H groups in total. The summed E-state index contributed by atoms with van der Waals surface area (Å²) in [6, 6.07) is 17.7. The lowest BCUT2D eigenvalue weighted by atomic mass is 10.0. The van der Waals surface area contributed by atoms with Gasteiger partial charge in [0.2, 0.25) is 5.78 Å². The van der Waals surface area contributed by atoms with Crippen LogP contribution in [0.4, 0.5) is 0 Å². The number of ether oxygens (including phenoxy) is 2. The van der Waals surface area contributed by atoms with Gasteiger partial charge < -0.3 is 14.8 Å². The van der Waals surface area contributed by atoms with Crippen LogP contribution in [0.15, 0.2) is 66.0 Å². The lowest BCUT2D eigenvalue weighted by Crippen LogP contribution is -2.29. The zero-order chi connectivity index (χ0) is 19.8. The molecule has 144 valence electrons. The zero-order valence-corrected chi connectivity index (χ0v) is 16.3. The van der Waals surface area contributed by atoms with Gasteiger partial charge in [-0.15, -0.1) is 11.3 Å². The van der Waals surface area contributed by atoms with Crippen LogP contribution in [0.25, 0.3) is 0 Å². The Balaban J connectivity index is 1.55. The molecule has 0 fully saturated rings. The highest BCUT2D eigenvalue weighted by Crippen LogP contribution is 2.19. The van der Waals surface area contributed by atoms with Crippen LogP contribution in [-0.4, -0.2) is 31.4 Å². The molecule has 0 saturated heterocycles. The maximum absolute atomic E-state index is 12.6. The Morgan fingerprint density at radius 2 is 1.57 bits per heavy atom. The minimum absolute atomic E-state index is 0.147. The fourth-order valence-electron chi connectivity index (χ4n) is 2.65. The number of thiophene rings is 1. The molecule has 0 saturated carbocycles. The molecule has 0 atom stereocenters. The number of benzene rings is 2. The number of carbonyl (C=O) groups is 2. The van der Waals surface area contributed by atoms with Crippen LogP contribution in [0.3, 0.4) is 0 Å². The molecule has 6 heteroatoms. The van der Waals surface area contributed by atoms with Gasteiger partial charge in [-0.1, -0.05) is 24.3 Å². The second kappa shape index (κ2) is 9.71. The van der Waals surface area contributed by atoms with Gasteiger partial charge in [0.25, 0.3) is 5.91 Å². The first kappa shape index (κ1) is 19.6. The van der Waals surface area contributed by atoms with E-state index in [1.54, 1.807) is 30.3 Å². The van der Waals surface area contributed by atoms with E-state index in [1.165, 1.54) is 11.3 Å². The van der Waals surface area contributed by atoms with E-state index in [0.29, 0.717) is 41.5 Å². The van der Waals surface area contributed by atoms with Gasteiger partial charge in [-0.25, -0.2) is 0 Å². The van der Waals surface area contributed by atoms with Crippen LogP contribution in [0.5, 0.6) is 11.5 Å². The summed E-state index contributed by atoms with van der Waals surface area (Å²) >= 11 is 1.36. The van der Waals surface area contributed by atoms with Crippen LogP contribution >= 0.6 is 11.3 Å². The minimum atomic E-state index is -0.296. The fourth-order valence-corrected chi connectivity index (χ4v) is 3.32. The Kier molecular flexibility index (Phi) is 6.81. The highest BCUT2D eigenvalue weighted by atomic mass is 32.1. The van der Waals surface area contributed by atoms with Crippen LogP contribution < -0.4 is 14.8 Å². The molecule has 0 bridgehead atoms. The summed E-state index contributed by atoms with van der Waals surface area (Å²) < 4.78 is 11.0. The highest BCUT2D eigenvalue weighted by Gasteiger charge is 2.18. The molecular formula is C22H21NO4S. The van der Waals surface area contributed by atoms with Gasteiger partial charge in [0.15, 0.2) is 0 Å². The molecule has 3 rings (SSSR count). The van der Waals surface area contributed by atoms with E-state index in [9.17, 15) is 9.59 Å². The fraction of sp³-hybridized carbons (Fsp3) is 0.182. The molecular weight excluding hydrogens is 374 g/mol. The number of carbonyl (C=O) groups excluding carboxylic acids is 2. The van der Waals surface area contributed by atoms with E-state index in [-0.39, 0.29) is 11.7 Å². The smallest absolute Gasteiger partial charge is 0.252 e. The normalized spacial score (nSPS) is 10.3. The van der Waals surface area contributed by atoms with E-state index in [4.69, 9.17) is 9.47 Å². The van der Waals surface area contributed by atoms with Crippen molar-refractivity contribution >= 4 is 23.0 Å². The Labute approximate surface area is 167 Å². The van der Waals surface area contributed by atoms with Crippen molar-refractivity contribution in [2.75, 3.05) is 19.8 Å². The summed E-state index contributed by atoms with van der Waals surface area (Å²) in [5.74, 6) is 1.04. The first-order valence-corrected chi connectivity index (χ1v) is 9.88. The largest absolute Gasteiger partial charge is 0.494 e. The number of ketones is 1. The first-order valence-electron chi connectivity index (χ1n) is 9.00. The molecule has 0 unspecified atom stereocenters. The van der Waals surface area contributed by atoms with Crippen molar-refractivity contribution in [1.82, 2.24) is 5.32 Å². The van der Waals surface area contributed by atoms with E-state index < -0.39 is 0 Å². The topological polar surface area (TPSA) is 64.6 Å². The van der Waals surface area contributed by atoms with Crippen LogP contribution in [-0.2, 0) is 0 Å². The van der Waals surface area contributed by atoms with E-state index in [0.717, 1.165) is 5.75 Å². The molecule has 0 aliphatic carbocycles. The summed E-state index contributed by atoms with van der Waals surface area (Å²) in [7, 11) is 0. The maximum atomic E-state index is 12.6. The summed E-state index contributed by atoms with van der Waals surface area (Å²) in [5.41, 5.74) is 0.761. The van der Waals surface area contributed by atoms with Crippen LogP contribution in [0, 0.1) is 0 Å². The minimum Gasteiger partial charge on any atom is -0.494 e. The third-order valence-electron chi connectivity index (χ3n) is 3.95. The third kappa shape index (κ3) is 4.98. The van der Waals surface area contributed by atoms with Crippen molar-refractivity contribution in [2.45, 2.75) is 6.92 Å². The average Bonchev–Trinajstić information content (AvgIpc) is 3.27. The predicted octanol–water partition coefficient (Wildman–Crippen LogP) is 4.19. The summed E-state index contributed by atoms with van der Waals surface area (Å²) in [4.78, 5) is 25.8. The predicted molar refractivity (Wildman–Crippen MR) is 110 cm³/mol. The molecule has 2 aromatic carbocycles. The Morgan fingerprint density at radius 3 is 2.21 bits per heavy atom. The quantitative estimate of drug-likeness (QED) is 0.436. The van der Waals surface area contributed by atoms with E-state index in [1.807, 2.05) is 42.6 Å². The zero-order valence-electron chi connectivity index (χ0n) is 15.5. The Bertz CT molecular complexity index is 920. The highest BCUT2D eigenvalue weighted by molar-refractivity contribution is 7.12. The van der Waals surface area contributed by atoms with Gasteiger partial charge in [0, 0.05) is 5.56 Å². The lowest BCUT2D eigenvalue weighted by molar-refractivity contribution is 0.0936. The van der Waals surface area contributed by atoms with Crippen molar-refractivity contribution in [3.05, 3.63) is 82.0 Å². The summed E-state index contributed by atoms with van der Waals surface area (Å²) in [5, 5.41) is 4.65. The number of hydrogen-bond acceptors (Lipinski definition) is 5. The monoisotopic (exact) mass is 395 g/mol. The molecule has 0 aliphatic rings. The number of amides is 1. The molecule has 1 amide bonds. The molecule has 0 spiro atoms. The standard InChI is InChI=1S/C22H21NO4S/c1-2-26-16-9-11-17(12-10-16)27-14-13-23-22(25)19-7-4-3-6-18(19)21(24)20-8-5-15-28-20/h3-12,15H,2,13-14H2,1H3,(H,23,25). The molecule has 0 radical (unpaired) electrons. The first-order chi connectivity index (χ1) is 13.7. The van der Waals surface area contributed by atoms with Gasteiger partial charge in [-0.05, 0) is 48.7 Å². The third-order valence-corrected chi connectivity index (χ3v) is 4.82. The van der Waals surface area contributed by atoms with Gasteiger partial charge in [0.05, 0.1) is 23.6 Å². The maximum Gasteiger partial charge on any atom is 0.252 e. The summed E-state index contributed by atoms with van der Waals surface area (Å²) in [6.07, 6.45) is 0. The average molecular weight is 395 g/mol. The molecule has 0 aliphatic heterocycles. The second-order valence-electron chi connectivity index (χ2n) is 5.86. The van der Waals surface area contributed by atoms with Crippen molar-refractivity contribution in [3.8, 4) is 11.5 Å². The second-order valence-corrected chi connectivity index (χ2v) is 6.81. The molecule has 28 heavy (non-hydrogen) atoms. The molecule has 1 aromatic heterocycles. The van der Waals surface area contributed by atoms with E-state index in [2.05, 4.69) is 5.32 Å². The number of nitrogens with one attached hydrogen (secondary N) is 1. The van der Waals surface area contributed by atoms with Crippen LogP contribution in [0.2, 0.25) is 0 Å². The van der Waals surface area contributed by atoms with E-state index >= 15 is 0 Å². The van der Waals surface area contributed by atoms with Crippen molar-refractivity contribution in [2.24, 2.45) is 0 Å². The Hall–Kier alpha value is -3.12. The summed E-state index contributed by atoms with van der Waals surface area (Å²) in [6.45, 7) is 3.19. The molecule has 5 nitrogen and oxygen atoms in total. The number of hydrogen-bond donors (Lipinski definition) is 1. The van der Waals surface area contributed by atoms with Gasteiger partial charge in [0.1, 0.15) is 18.1 Å². The SMILES string of the molecule is CCOc1ccc(OCCNC(=O)c2ccccc2C(=O)c2cccs2)cc1. The van der Waals surface area contributed by atoms with Gasteiger partial charge in [-0.2, -0.15) is 0 Å². The molecule has 1 heterocycles. The number of rotatable bonds is 9. The lowest BCUT2D eigenvalue weighted by Gasteiger charge is -2.10. The van der Waals surface area contributed by atoms with Crippen molar-refractivity contribution < 1.29 is 19.1 Å². The van der Waals surface area contributed by atoms with Crippen molar-refractivity contribution in [3.63, 3.8) is 0 Å². The molecule has 3 aromatic rings. The van der Waals surface area contributed by atoms with Gasteiger partial charge in [-0.3, -0.25) is 9.59 Å². The van der Waals surface area contributed by atoms with Gasteiger partial charge >= 0.3 is 0 Å². The van der Waals surface area contributed by atoms with Crippen LogP contribution in [0.1, 0.15) is 32.5 Å². The Morgan fingerprint density at radius 1 is 0.893 bits per heavy atom.